The van der Waals surface area contributed by atoms with Crippen molar-refractivity contribution in [2.24, 2.45) is 0 Å². The van der Waals surface area contributed by atoms with Crippen LogP contribution in [0, 0.1) is 0 Å². The summed E-state index contributed by atoms with van der Waals surface area (Å²) in [5.74, 6) is 0. The lowest BCUT2D eigenvalue weighted by molar-refractivity contribution is -0.0389. The van der Waals surface area contributed by atoms with Crippen LogP contribution in [0.15, 0.2) is 12.4 Å². The first-order valence-electron chi connectivity index (χ1n) is 2.15. The topological polar surface area (TPSA) is 66.8 Å². The maximum atomic E-state index is 10.7. The van der Waals surface area contributed by atoms with Crippen molar-refractivity contribution in [3.05, 3.63) is 12.4 Å². The number of alkyl halides is 1. The highest BCUT2D eigenvalue weighted by atomic mass is 31.2. The van der Waals surface area contributed by atoms with Gasteiger partial charge in [-0.2, -0.15) is 0 Å². The first-order chi connectivity index (χ1) is 4.97. The van der Waals surface area contributed by atoms with E-state index < -0.39 is 14.5 Å². The van der Waals surface area contributed by atoms with Gasteiger partial charge in [-0.1, -0.05) is 4.73 Å². The summed E-state index contributed by atoms with van der Waals surface area (Å²) in [6.45, 7) is -0.712. The Morgan fingerprint density at radius 1 is 1.55 bits per heavy atom. The Morgan fingerprint density at radius 2 is 1.91 bits per heavy atom. The lowest BCUT2D eigenvalue weighted by Gasteiger charge is -1.87. The van der Waals surface area contributed by atoms with E-state index in [4.69, 9.17) is 14.4 Å². The Bertz CT molecular complexity index is 144. The SMILES string of the molecule is FC=CCF.O=P(O)(O)OF. The van der Waals surface area contributed by atoms with Crippen LogP contribution in [0.3, 0.4) is 0 Å². The Balaban J connectivity index is 0. The van der Waals surface area contributed by atoms with Gasteiger partial charge in [-0.15, -0.1) is 0 Å². The summed E-state index contributed by atoms with van der Waals surface area (Å²) in [5.41, 5.74) is 0. The van der Waals surface area contributed by atoms with Crippen LogP contribution in [0.25, 0.3) is 0 Å². The summed E-state index contributed by atoms with van der Waals surface area (Å²) >= 11 is 0. The van der Waals surface area contributed by atoms with E-state index in [0.29, 0.717) is 0 Å². The predicted molar refractivity (Wildman–Crippen MR) is 30.5 cm³/mol. The van der Waals surface area contributed by atoms with Crippen LogP contribution < -0.4 is 0 Å². The molecule has 68 valence electrons. The van der Waals surface area contributed by atoms with E-state index in [1.165, 1.54) is 0 Å². The third-order valence-electron chi connectivity index (χ3n) is 0.268. The minimum atomic E-state index is -4.81. The summed E-state index contributed by atoms with van der Waals surface area (Å²) < 4.78 is 42.7. The summed E-state index contributed by atoms with van der Waals surface area (Å²) in [7, 11) is -4.81. The number of hydrogen-bond donors (Lipinski definition) is 2. The highest BCUT2D eigenvalue weighted by Gasteiger charge is 2.12. The molecule has 0 unspecified atom stereocenters. The van der Waals surface area contributed by atoms with Gasteiger partial charge in [-0.25, -0.2) is 13.3 Å². The van der Waals surface area contributed by atoms with Crippen LogP contribution in [0.5, 0.6) is 0 Å². The average Bonchev–Trinajstić information content (AvgIpc) is 1.90. The number of allylic oxidation sites excluding steroid dienone is 1. The Morgan fingerprint density at radius 3 is 1.91 bits per heavy atom. The van der Waals surface area contributed by atoms with Crippen molar-refractivity contribution >= 4 is 7.82 Å². The zero-order valence-electron chi connectivity index (χ0n) is 5.15. The van der Waals surface area contributed by atoms with Crippen molar-refractivity contribution in [2.45, 2.75) is 0 Å². The van der Waals surface area contributed by atoms with Gasteiger partial charge >= 0.3 is 7.82 Å². The molecule has 0 aromatic rings. The summed E-state index contributed by atoms with van der Waals surface area (Å²) in [6, 6.07) is 0. The maximum Gasteiger partial charge on any atom is 0.500 e. The van der Waals surface area contributed by atoms with Gasteiger partial charge in [0.25, 0.3) is 0 Å². The Labute approximate surface area is 60.4 Å². The summed E-state index contributed by atoms with van der Waals surface area (Å²) in [6.07, 6.45) is 0.972. The van der Waals surface area contributed by atoms with E-state index in [0.717, 1.165) is 6.08 Å². The van der Waals surface area contributed by atoms with E-state index in [1.807, 2.05) is 0 Å². The van der Waals surface area contributed by atoms with Crippen LogP contribution in [0.4, 0.5) is 13.3 Å². The van der Waals surface area contributed by atoms with Gasteiger partial charge in [0.2, 0.25) is 0 Å². The molecule has 0 bridgehead atoms. The average molecular weight is 194 g/mol. The molecule has 0 heterocycles. The van der Waals surface area contributed by atoms with Crippen molar-refractivity contribution in [1.29, 1.82) is 0 Å². The second-order valence-electron chi connectivity index (χ2n) is 1.08. The number of halogens is 3. The van der Waals surface area contributed by atoms with E-state index in [9.17, 15) is 13.3 Å². The molecule has 0 aliphatic carbocycles. The van der Waals surface area contributed by atoms with Gasteiger partial charge in [0.1, 0.15) is 6.67 Å². The monoisotopic (exact) mass is 194 g/mol. The van der Waals surface area contributed by atoms with Gasteiger partial charge < -0.3 is 9.79 Å². The number of rotatable bonds is 2. The van der Waals surface area contributed by atoms with Crippen LogP contribution in [0.1, 0.15) is 0 Å². The molecule has 0 aromatic carbocycles. The van der Waals surface area contributed by atoms with Gasteiger partial charge in [-0.05, 0) is 10.6 Å². The first-order valence-corrected chi connectivity index (χ1v) is 3.68. The fourth-order valence-electron chi connectivity index (χ4n) is 0.0337. The molecular formula is C3H6F3O4P. The fourth-order valence-corrected chi connectivity index (χ4v) is 0.0337. The molecule has 11 heavy (non-hydrogen) atoms. The smallest absolute Gasteiger partial charge is 0.301 e. The molecule has 0 radical (unpaired) electrons. The molecule has 0 saturated carbocycles. The van der Waals surface area contributed by atoms with E-state index in [2.05, 4.69) is 4.73 Å². The first kappa shape index (κ1) is 13.2. The Hall–Kier alpha value is -0.360. The highest BCUT2D eigenvalue weighted by Crippen LogP contribution is 2.35. The van der Waals surface area contributed by atoms with E-state index in [-0.39, 0.29) is 6.33 Å². The third-order valence-corrected chi connectivity index (χ3v) is 0.448. The molecule has 0 amide bonds. The van der Waals surface area contributed by atoms with Gasteiger partial charge in [0.15, 0.2) is 0 Å². The van der Waals surface area contributed by atoms with Crippen LogP contribution in [-0.4, -0.2) is 16.5 Å². The normalized spacial score (nSPS) is 11.0. The molecule has 0 spiro atoms. The molecule has 8 heteroatoms. The van der Waals surface area contributed by atoms with Crippen molar-refractivity contribution < 1.29 is 32.4 Å². The number of phosphoric acid groups is 1. The quantitative estimate of drug-likeness (QED) is 0.652. The zero-order valence-corrected chi connectivity index (χ0v) is 6.05. The maximum absolute atomic E-state index is 10.7. The fraction of sp³-hybridized carbons (Fsp3) is 0.333. The zero-order chi connectivity index (χ0) is 9.33. The standard InChI is InChI=1S/C3H4F2.FH2O4P/c4-2-1-3-5;1-5-6(2,3)4/h1-2H,3H2;(H2,2,3,4). The predicted octanol–water partition coefficient (Wildman–Crippen LogP) is 1.42. The molecule has 0 aliphatic heterocycles. The third kappa shape index (κ3) is 26.1. The van der Waals surface area contributed by atoms with Crippen molar-refractivity contribution in [3.63, 3.8) is 0 Å². The van der Waals surface area contributed by atoms with Crippen molar-refractivity contribution in [1.82, 2.24) is 0 Å². The minimum absolute atomic E-state index is 0.181. The molecule has 4 nitrogen and oxygen atoms in total. The Kier molecular flexibility index (Phi) is 9.32. The largest absolute Gasteiger partial charge is 0.500 e. The number of hydrogen-bond acceptors (Lipinski definition) is 2. The van der Waals surface area contributed by atoms with Gasteiger partial charge in [-0.3, -0.25) is 0 Å². The van der Waals surface area contributed by atoms with Gasteiger partial charge in [0.05, 0.1) is 6.33 Å². The summed E-state index contributed by atoms with van der Waals surface area (Å²) in [4.78, 5) is 14.7. The molecule has 2 N–H and O–H groups in total. The van der Waals surface area contributed by atoms with Crippen LogP contribution >= 0.6 is 7.82 Å². The molecular weight excluding hydrogens is 188 g/mol. The lowest BCUT2D eigenvalue weighted by atomic mass is 10.7. The minimum Gasteiger partial charge on any atom is -0.301 e. The summed E-state index contributed by atoms with van der Waals surface area (Å²) in [5, 5.41) is 0. The highest BCUT2D eigenvalue weighted by molar-refractivity contribution is 7.46. The van der Waals surface area contributed by atoms with E-state index in [1.54, 1.807) is 0 Å². The molecule has 0 rings (SSSR count). The molecule has 0 fully saturated rings. The van der Waals surface area contributed by atoms with Crippen LogP contribution in [0.2, 0.25) is 0 Å². The van der Waals surface area contributed by atoms with Crippen LogP contribution in [-0.2, 0) is 9.29 Å². The molecule has 0 aliphatic rings. The van der Waals surface area contributed by atoms with Crippen molar-refractivity contribution in [2.75, 3.05) is 6.67 Å². The lowest BCUT2D eigenvalue weighted by Crippen LogP contribution is -1.71. The second-order valence-corrected chi connectivity index (χ2v) is 2.19. The molecule has 0 aromatic heterocycles. The molecule has 0 saturated heterocycles. The van der Waals surface area contributed by atoms with E-state index >= 15 is 0 Å². The second kappa shape index (κ2) is 7.74. The molecule has 0 atom stereocenters. The van der Waals surface area contributed by atoms with Gasteiger partial charge in [0, 0.05) is 0 Å². The van der Waals surface area contributed by atoms with Crippen molar-refractivity contribution in [3.8, 4) is 0 Å².